The lowest BCUT2D eigenvalue weighted by Gasteiger charge is -2.00. The van der Waals surface area contributed by atoms with Gasteiger partial charge in [-0.1, -0.05) is 11.6 Å². The molecule has 0 radical (unpaired) electrons. The lowest BCUT2D eigenvalue weighted by molar-refractivity contribution is 0.742. The Balaban J connectivity index is 2.38. The van der Waals surface area contributed by atoms with Gasteiger partial charge in [0.1, 0.15) is 5.52 Å². The molecule has 0 aliphatic rings. The van der Waals surface area contributed by atoms with Crippen LogP contribution in [0.25, 0.3) is 16.8 Å². The van der Waals surface area contributed by atoms with Crippen LogP contribution in [0, 0.1) is 6.92 Å². The van der Waals surface area contributed by atoms with Gasteiger partial charge in [0.05, 0.1) is 16.2 Å². The Hall–Kier alpha value is -1.52. The Morgan fingerprint density at radius 2 is 2.17 bits per heavy atom. The van der Waals surface area contributed by atoms with E-state index < -0.39 is 0 Å². The zero-order valence-electron chi connectivity index (χ0n) is 10.7. The average molecular weight is 263 g/mol. The molecule has 0 bridgehead atoms. The summed E-state index contributed by atoms with van der Waals surface area (Å²) >= 11 is 6.25. The minimum Gasteiger partial charge on any atom is -0.316 e. The van der Waals surface area contributed by atoms with Crippen molar-refractivity contribution in [3.8, 4) is 0 Å². The second kappa shape index (κ2) is 4.00. The maximum absolute atomic E-state index is 6.25. The first-order valence-electron chi connectivity index (χ1n) is 5.89. The summed E-state index contributed by atoms with van der Waals surface area (Å²) in [6.07, 6.45) is 2.11. The van der Waals surface area contributed by atoms with Gasteiger partial charge in [0.15, 0.2) is 0 Å². The Kier molecular flexibility index (Phi) is 2.57. The summed E-state index contributed by atoms with van der Waals surface area (Å²) in [6.45, 7) is 2.86. The number of fused-ring (bicyclic) bond motifs is 3. The molecule has 0 unspecified atom stereocenters. The van der Waals surface area contributed by atoms with Gasteiger partial charge >= 0.3 is 0 Å². The van der Waals surface area contributed by atoms with Crippen LogP contribution in [-0.4, -0.2) is 21.0 Å². The molecule has 0 aliphatic carbocycles. The molecular formula is C13H15ClN4. The van der Waals surface area contributed by atoms with E-state index in [-0.39, 0.29) is 0 Å². The summed E-state index contributed by atoms with van der Waals surface area (Å²) in [7, 11) is 3.96. The zero-order chi connectivity index (χ0) is 12.9. The van der Waals surface area contributed by atoms with Gasteiger partial charge in [-0.05, 0) is 31.7 Å². The highest BCUT2D eigenvalue weighted by Gasteiger charge is 2.13. The molecule has 2 aromatic heterocycles. The third-order valence-corrected chi connectivity index (χ3v) is 3.53. The molecule has 0 saturated heterocycles. The summed E-state index contributed by atoms with van der Waals surface area (Å²) in [5.41, 5.74) is 4.27. The van der Waals surface area contributed by atoms with Crippen molar-refractivity contribution in [1.29, 1.82) is 0 Å². The molecule has 0 saturated carbocycles. The number of halogens is 1. The molecule has 0 amide bonds. The third-order valence-electron chi connectivity index (χ3n) is 3.24. The van der Waals surface area contributed by atoms with E-state index in [1.165, 1.54) is 5.69 Å². The molecule has 1 aromatic carbocycles. The Morgan fingerprint density at radius 1 is 1.39 bits per heavy atom. The minimum atomic E-state index is 0.712. The molecule has 3 rings (SSSR count). The maximum atomic E-state index is 6.25. The van der Waals surface area contributed by atoms with Gasteiger partial charge in [-0.15, -0.1) is 0 Å². The molecule has 5 heteroatoms. The van der Waals surface area contributed by atoms with Gasteiger partial charge in [-0.25, -0.2) is 4.98 Å². The minimum absolute atomic E-state index is 0.712. The Labute approximate surface area is 110 Å². The standard InChI is InChI=1S/C13H15ClN4/c1-8-4-10(14)12-11(5-8)18-7-9(6-15-2)17(3)13(18)16-12/h4-5,7,15H,6H2,1-3H3. The summed E-state index contributed by atoms with van der Waals surface area (Å²) < 4.78 is 4.18. The summed E-state index contributed by atoms with van der Waals surface area (Å²) in [5.74, 6) is 0.919. The quantitative estimate of drug-likeness (QED) is 0.770. The fourth-order valence-electron chi connectivity index (χ4n) is 2.35. The lowest BCUT2D eigenvalue weighted by atomic mass is 10.2. The van der Waals surface area contributed by atoms with Gasteiger partial charge in [0.2, 0.25) is 5.78 Å². The predicted octanol–water partition coefficient (Wildman–Crippen LogP) is 2.51. The highest BCUT2D eigenvalue weighted by Crippen LogP contribution is 2.26. The number of nitrogens with one attached hydrogen (secondary N) is 1. The average Bonchev–Trinajstić information content (AvgIpc) is 2.80. The monoisotopic (exact) mass is 262 g/mol. The molecule has 0 fully saturated rings. The summed E-state index contributed by atoms with van der Waals surface area (Å²) in [5, 5.41) is 3.87. The second-order valence-corrected chi connectivity index (χ2v) is 5.01. The second-order valence-electron chi connectivity index (χ2n) is 4.61. The zero-order valence-corrected chi connectivity index (χ0v) is 11.4. The van der Waals surface area contributed by atoms with Gasteiger partial charge in [-0.2, -0.15) is 0 Å². The SMILES string of the molecule is CNCc1cn2c3cc(C)cc(Cl)c3nc2n1C. The Bertz CT molecular complexity index is 738. The highest BCUT2D eigenvalue weighted by molar-refractivity contribution is 6.35. The smallest absolute Gasteiger partial charge is 0.215 e. The van der Waals surface area contributed by atoms with Crippen molar-refractivity contribution >= 4 is 28.4 Å². The van der Waals surface area contributed by atoms with Crippen LogP contribution in [0.1, 0.15) is 11.3 Å². The van der Waals surface area contributed by atoms with Crippen molar-refractivity contribution in [3.05, 3.63) is 34.6 Å². The van der Waals surface area contributed by atoms with Crippen LogP contribution in [-0.2, 0) is 13.6 Å². The number of benzene rings is 1. The van der Waals surface area contributed by atoms with Crippen LogP contribution in [0.4, 0.5) is 0 Å². The summed E-state index contributed by atoms with van der Waals surface area (Å²) in [6, 6.07) is 4.06. The molecule has 94 valence electrons. The number of imidazole rings is 2. The number of aryl methyl sites for hydroxylation is 2. The molecule has 18 heavy (non-hydrogen) atoms. The van der Waals surface area contributed by atoms with Crippen molar-refractivity contribution in [2.45, 2.75) is 13.5 Å². The number of nitrogens with zero attached hydrogens (tertiary/aromatic N) is 3. The van der Waals surface area contributed by atoms with E-state index in [9.17, 15) is 0 Å². The molecule has 0 atom stereocenters. The van der Waals surface area contributed by atoms with E-state index in [0.29, 0.717) is 5.02 Å². The van der Waals surface area contributed by atoms with Gasteiger partial charge in [0, 0.05) is 19.8 Å². The van der Waals surface area contributed by atoms with Crippen LogP contribution in [0.2, 0.25) is 5.02 Å². The molecule has 2 heterocycles. The summed E-state index contributed by atoms with van der Waals surface area (Å²) in [4.78, 5) is 4.62. The number of hydrogen-bond donors (Lipinski definition) is 1. The lowest BCUT2D eigenvalue weighted by Crippen LogP contribution is -2.08. The van der Waals surface area contributed by atoms with Crippen molar-refractivity contribution < 1.29 is 0 Å². The van der Waals surface area contributed by atoms with E-state index in [1.807, 2.05) is 27.1 Å². The fourth-order valence-corrected chi connectivity index (χ4v) is 2.66. The first-order valence-corrected chi connectivity index (χ1v) is 6.26. The molecule has 3 aromatic rings. The molecule has 1 N–H and O–H groups in total. The van der Waals surface area contributed by atoms with E-state index in [1.54, 1.807) is 0 Å². The maximum Gasteiger partial charge on any atom is 0.215 e. The first kappa shape index (κ1) is 11.6. The predicted molar refractivity (Wildman–Crippen MR) is 74.2 cm³/mol. The van der Waals surface area contributed by atoms with Gasteiger partial charge in [-0.3, -0.25) is 4.40 Å². The third kappa shape index (κ3) is 1.53. The fraction of sp³-hybridized carbons (Fsp3) is 0.308. The molecule has 0 aliphatic heterocycles. The number of hydrogen-bond acceptors (Lipinski definition) is 2. The topological polar surface area (TPSA) is 34.3 Å². The van der Waals surface area contributed by atoms with E-state index >= 15 is 0 Å². The van der Waals surface area contributed by atoms with Crippen LogP contribution < -0.4 is 5.32 Å². The van der Waals surface area contributed by atoms with Crippen LogP contribution in [0.5, 0.6) is 0 Å². The van der Waals surface area contributed by atoms with Gasteiger partial charge < -0.3 is 9.88 Å². The van der Waals surface area contributed by atoms with E-state index in [4.69, 9.17) is 11.6 Å². The van der Waals surface area contributed by atoms with Crippen molar-refractivity contribution in [3.63, 3.8) is 0 Å². The Morgan fingerprint density at radius 3 is 2.89 bits per heavy atom. The number of rotatable bonds is 2. The number of aromatic nitrogens is 3. The first-order chi connectivity index (χ1) is 8.61. The van der Waals surface area contributed by atoms with Crippen molar-refractivity contribution in [2.24, 2.45) is 7.05 Å². The molecule has 4 nitrogen and oxygen atoms in total. The van der Waals surface area contributed by atoms with E-state index in [0.717, 1.165) is 28.9 Å². The molecule has 0 spiro atoms. The van der Waals surface area contributed by atoms with Gasteiger partial charge in [0.25, 0.3) is 0 Å². The largest absolute Gasteiger partial charge is 0.316 e. The van der Waals surface area contributed by atoms with Crippen LogP contribution >= 0.6 is 11.6 Å². The molecular weight excluding hydrogens is 248 g/mol. The van der Waals surface area contributed by atoms with Crippen molar-refractivity contribution in [1.82, 2.24) is 19.3 Å². The van der Waals surface area contributed by atoms with Crippen LogP contribution in [0.3, 0.4) is 0 Å². The van der Waals surface area contributed by atoms with Crippen molar-refractivity contribution in [2.75, 3.05) is 7.05 Å². The van der Waals surface area contributed by atoms with Crippen LogP contribution in [0.15, 0.2) is 18.3 Å². The normalized spacial score (nSPS) is 11.8. The van der Waals surface area contributed by atoms with E-state index in [2.05, 4.69) is 31.5 Å². The highest BCUT2D eigenvalue weighted by atomic mass is 35.5.